The Hall–Kier alpha value is -5.15. The zero-order valence-corrected chi connectivity index (χ0v) is 46.1. The van der Waals surface area contributed by atoms with Crippen LogP contribution in [0.2, 0.25) is 0 Å². The summed E-state index contributed by atoms with van der Waals surface area (Å²) in [4.78, 5) is 32.3. The smallest absolute Gasteiger partial charge is 0.869 e. The summed E-state index contributed by atoms with van der Waals surface area (Å²) in [6, 6.07) is 19.7. The third kappa shape index (κ3) is 24.1. The zero-order valence-electron chi connectivity index (χ0n) is 45.1. The first-order valence-electron chi connectivity index (χ1n) is 27.1. The van der Waals surface area contributed by atoms with Crippen LogP contribution in [0.1, 0.15) is 231 Å². The normalized spacial score (nSPS) is 11.3. The van der Waals surface area contributed by atoms with Gasteiger partial charge in [0.25, 0.3) is 0 Å². The van der Waals surface area contributed by atoms with Gasteiger partial charge in [-0.05, 0) is 167 Å². The molecule has 0 unspecified atom stereocenters. The van der Waals surface area contributed by atoms with Gasteiger partial charge in [-0.2, -0.15) is 0 Å². The Morgan fingerprint density at radius 1 is 0.444 bits per heavy atom. The van der Waals surface area contributed by atoms with E-state index in [-0.39, 0.29) is 27.6 Å². The number of phenols is 2. The molecule has 0 bridgehead atoms. The van der Waals surface area contributed by atoms with E-state index in [4.69, 9.17) is 30.4 Å². The molecule has 0 aromatic heterocycles. The largest absolute Gasteiger partial charge is 2.00 e. The summed E-state index contributed by atoms with van der Waals surface area (Å²) in [6.45, 7) is 17.6. The van der Waals surface area contributed by atoms with Crippen molar-refractivity contribution in [3.63, 3.8) is 0 Å². The topological polar surface area (TPSA) is 186 Å². The maximum Gasteiger partial charge on any atom is 2.00 e. The molecule has 0 saturated carbocycles. The number of aromatic carboxylic acids is 2. The number of nitrogens with zero attached hydrogens (tertiary/aromatic N) is 2. The molecule has 0 spiro atoms. The monoisotopic (exact) mass is 1030 g/mol. The third-order valence-corrected chi connectivity index (χ3v) is 12.6. The number of unbranched alkanes of at least 4 members (excludes halogenated alkanes) is 11. The summed E-state index contributed by atoms with van der Waals surface area (Å²) in [7, 11) is 0. The Morgan fingerprint density at radius 2 is 0.764 bits per heavy atom. The minimum atomic E-state index is -1.28. The van der Waals surface area contributed by atoms with Gasteiger partial charge in [0.1, 0.15) is 11.5 Å². The molecule has 0 radical (unpaired) electrons. The molecule has 72 heavy (non-hydrogen) atoms. The third-order valence-electron chi connectivity index (χ3n) is 12.6. The van der Waals surface area contributed by atoms with Crippen molar-refractivity contribution in [2.45, 2.75) is 216 Å². The second-order valence-electron chi connectivity index (χ2n) is 18.9. The molecule has 10 nitrogen and oxygen atoms in total. The maximum atomic E-state index is 11.4. The number of aryl methyl sites for hydroxylation is 6. The number of aromatic hydroxyl groups is 2. The minimum absolute atomic E-state index is 0. The van der Waals surface area contributed by atoms with Crippen LogP contribution in [0.15, 0.2) is 70.6 Å². The van der Waals surface area contributed by atoms with Crippen molar-refractivity contribution in [2.24, 2.45) is 9.98 Å². The van der Waals surface area contributed by atoms with E-state index < -0.39 is 34.9 Å². The van der Waals surface area contributed by atoms with Gasteiger partial charge in [0.15, 0.2) is 0 Å². The number of aliphatic imine (C=N–C) groups is 2. The van der Waals surface area contributed by atoms with Gasteiger partial charge in [-0.25, -0.2) is 9.59 Å². The molecule has 0 aliphatic carbocycles. The fourth-order valence-corrected chi connectivity index (χ4v) is 8.43. The number of carboxylic acids is 2. The average Bonchev–Trinajstić information content (AvgIpc) is 3.34. The second-order valence-corrected chi connectivity index (χ2v) is 18.9. The Kier molecular flexibility index (Phi) is 33.9. The van der Waals surface area contributed by atoms with E-state index in [9.17, 15) is 19.8 Å². The Morgan fingerprint density at radius 3 is 1.07 bits per heavy atom. The fourth-order valence-electron chi connectivity index (χ4n) is 8.43. The molecule has 0 fully saturated rings. The molecule has 4 aromatic carbocycles. The zero-order chi connectivity index (χ0) is 52.6. The summed E-state index contributed by atoms with van der Waals surface area (Å²) >= 11 is 0. The molecule has 0 heterocycles. The number of rotatable bonds is 30. The van der Waals surface area contributed by atoms with Gasteiger partial charge in [-0.3, -0.25) is 9.98 Å². The molecule has 0 aliphatic heterocycles. The van der Waals surface area contributed by atoms with Crippen molar-refractivity contribution in [1.29, 1.82) is 0 Å². The van der Waals surface area contributed by atoms with Gasteiger partial charge in [0.05, 0.1) is 33.9 Å². The van der Waals surface area contributed by atoms with Gasteiger partial charge in [-0.1, -0.05) is 155 Å². The first-order chi connectivity index (χ1) is 34.2. The van der Waals surface area contributed by atoms with Crippen LogP contribution in [0.3, 0.4) is 0 Å². The van der Waals surface area contributed by atoms with E-state index >= 15 is 0 Å². The number of carboxylic acid groups (broad SMARTS) is 2. The number of hydrogen-bond acceptors (Lipinski definition) is 8. The van der Waals surface area contributed by atoms with E-state index in [2.05, 4.69) is 77.9 Å². The van der Waals surface area contributed by atoms with Crippen molar-refractivity contribution in [2.75, 3.05) is 0 Å². The van der Waals surface area contributed by atoms with Crippen LogP contribution < -0.4 is 10.2 Å². The van der Waals surface area contributed by atoms with Crippen LogP contribution in [-0.4, -0.2) is 43.8 Å². The molecular formula is C61H88N2NiO8. The van der Waals surface area contributed by atoms with E-state index in [0.29, 0.717) is 24.0 Å². The van der Waals surface area contributed by atoms with Gasteiger partial charge < -0.3 is 30.6 Å². The van der Waals surface area contributed by atoms with Crippen LogP contribution in [0, 0.1) is 0 Å². The molecule has 4 N–H and O–H groups in total. The quantitative estimate of drug-likeness (QED) is 0.0226. The van der Waals surface area contributed by atoms with E-state index in [1.165, 1.54) is 130 Å². The minimum Gasteiger partial charge on any atom is -0.869 e. The van der Waals surface area contributed by atoms with Gasteiger partial charge in [0, 0.05) is 0 Å². The first kappa shape index (κ1) is 64.9. The average molecular weight is 1040 g/mol. The van der Waals surface area contributed by atoms with Crippen molar-refractivity contribution < 1.29 is 56.7 Å². The standard InChI is InChI=1S/C39H62N2.2C11H14O4.Ni/c1-7-12-17-21-33-26-34(22-18-13-8-2)29-37(28-33)40-32(6)39(25-16-11-5)41-38-30-35(23-19-14-9-3)27-36(31-38)24-20-15-10-4;2*1-2-3-4-7-5-6-8(12)10(13)9(7)11(14)15;/h26-31H,7-25H2,1-6H3;2*5-6,12-13H,2-4H2,1H3,(H,14,15);/q;;;+2/p-2. The second kappa shape index (κ2) is 37.6. The summed E-state index contributed by atoms with van der Waals surface area (Å²) in [5.74, 6) is -5.16. The number of hydrogen-bond donors (Lipinski definition) is 4. The van der Waals surface area contributed by atoms with E-state index in [1.807, 2.05) is 13.8 Å². The predicted octanol–water partition coefficient (Wildman–Crippen LogP) is 15.7. The number of phenolic OH excluding ortho intramolecular Hbond substituents is 2. The predicted molar refractivity (Wildman–Crippen MR) is 291 cm³/mol. The molecule has 0 amide bonds. The van der Waals surface area contributed by atoms with Gasteiger partial charge in [-0.15, -0.1) is 0 Å². The SMILES string of the molecule is CCCCCc1cc(CCCCC)cc(N=C(C)C(CCCC)=Nc2cc(CCCCC)cc(CCCCC)c2)c1.CCCCc1ccc(O)c([O-])c1C(=O)O.CCCCc1ccc(O)c([O-])c1C(=O)O.[Ni+2]. The van der Waals surface area contributed by atoms with Crippen molar-refractivity contribution >= 4 is 34.7 Å². The summed E-state index contributed by atoms with van der Waals surface area (Å²) in [6.07, 6.45) is 27.8. The first-order valence-corrected chi connectivity index (χ1v) is 27.1. The van der Waals surface area contributed by atoms with Crippen LogP contribution in [0.25, 0.3) is 0 Å². The fraction of sp³-hybridized carbons (Fsp3) is 0.541. The van der Waals surface area contributed by atoms with Crippen LogP contribution in [0.4, 0.5) is 11.4 Å². The van der Waals surface area contributed by atoms with Crippen molar-refractivity contribution in [3.8, 4) is 23.0 Å². The number of benzene rings is 4. The summed E-state index contributed by atoms with van der Waals surface area (Å²) in [5.41, 5.74) is 10.6. The van der Waals surface area contributed by atoms with Crippen molar-refractivity contribution in [1.82, 2.24) is 0 Å². The molecule has 0 aliphatic rings. The Labute approximate surface area is 443 Å². The van der Waals surface area contributed by atoms with Crippen LogP contribution >= 0.6 is 0 Å². The Bertz CT molecular complexity index is 2140. The molecule has 400 valence electrons. The molecule has 4 rings (SSSR count). The number of carbonyl (C=O) groups is 2. The molecule has 0 atom stereocenters. The molecule has 11 heteroatoms. The molecule has 4 aromatic rings. The van der Waals surface area contributed by atoms with Crippen LogP contribution in [0.5, 0.6) is 23.0 Å². The maximum absolute atomic E-state index is 11.4. The van der Waals surface area contributed by atoms with Crippen molar-refractivity contribution in [3.05, 3.63) is 105 Å². The van der Waals surface area contributed by atoms with Gasteiger partial charge in [0.2, 0.25) is 0 Å². The summed E-state index contributed by atoms with van der Waals surface area (Å²) < 4.78 is 0. The Balaban J connectivity index is 0.000000677. The van der Waals surface area contributed by atoms with E-state index in [1.54, 1.807) is 0 Å². The van der Waals surface area contributed by atoms with Gasteiger partial charge >= 0.3 is 28.4 Å². The summed E-state index contributed by atoms with van der Waals surface area (Å²) in [5, 5.41) is 58.7. The van der Waals surface area contributed by atoms with E-state index in [0.717, 1.165) is 87.0 Å². The molecular weight excluding hydrogens is 947 g/mol. The molecule has 0 saturated heterocycles. The van der Waals surface area contributed by atoms with Crippen LogP contribution in [-0.2, 0) is 55.0 Å².